The minimum absolute atomic E-state index is 0.0616. The fourth-order valence-electron chi connectivity index (χ4n) is 5.53. The summed E-state index contributed by atoms with van der Waals surface area (Å²) in [5.74, 6) is 1.46. The molecule has 6 rings (SSSR count). The summed E-state index contributed by atoms with van der Waals surface area (Å²) in [4.78, 5) is 21.5. The van der Waals surface area contributed by atoms with Gasteiger partial charge in [-0.15, -0.1) is 11.3 Å². The predicted molar refractivity (Wildman–Crippen MR) is 143 cm³/mol. The third-order valence-corrected chi connectivity index (χ3v) is 8.79. The molecule has 0 unspecified atom stereocenters. The maximum absolute atomic E-state index is 13.3. The second kappa shape index (κ2) is 9.76. The zero-order valence-electron chi connectivity index (χ0n) is 19.5. The second-order valence-corrected chi connectivity index (χ2v) is 11.0. The first-order valence-corrected chi connectivity index (χ1v) is 13.6. The van der Waals surface area contributed by atoms with E-state index in [2.05, 4.69) is 9.88 Å². The summed E-state index contributed by atoms with van der Waals surface area (Å²) in [5, 5.41) is 0.692. The van der Waals surface area contributed by atoms with Crippen LogP contribution in [0.3, 0.4) is 0 Å². The largest absolute Gasteiger partial charge is 0.493 e. The predicted octanol–water partition coefficient (Wildman–Crippen LogP) is 6.41. The first kappa shape index (κ1) is 22.8. The summed E-state index contributed by atoms with van der Waals surface area (Å²) in [7, 11) is 0. The molecule has 2 saturated heterocycles. The summed E-state index contributed by atoms with van der Waals surface area (Å²) in [5.41, 5.74) is 2.47. The molecule has 4 aromatic rings. The fourth-order valence-corrected chi connectivity index (χ4v) is 6.70. The minimum atomic E-state index is -0.0616. The van der Waals surface area contributed by atoms with Crippen molar-refractivity contribution in [3.63, 3.8) is 0 Å². The van der Waals surface area contributed by atoms with Crippen molar-refractivity contribution in [1.82, 2.24) is 14.5 Å². The lowest BCUT2D eigenvalue weighted by atomic mass is 9.84. The minimum Gasteiger partial charge on any atom is -0.493 e. The standard InChI is InChI=1S/C28H28ClN3O2S/c29-21-8-6-19(7-9-21)26-16-24-27(35-26)28(33)32(18-30-24)22-10-12-23(13-11-22)34-17-20-4-3-15-31-14-2-1-5-25(20)31/h6-13,16,18,20,25H,1-5,14-15,17H2/t20-,25+/m0/s1. The highest BCUT2D eigenvalue weighted by atomic mass is 35.5. The maximum atomic E-state index is 13.3. The summed E-state index contributed by atoms with van der Waals surface area (Å²) < 4.78 is 8.46. The van der Waals surface area contributed by atoms with E-state index in [1.807, 2.05) is 54.6 Å². The van der Waals surface area contributed by atoms with E-state index in [4.69, 9.17) is 16.3 Å². The van der Waals surface area contributed by atoms with Gasteiger partial charge in [-0.25, -0.2) is 4.98 Å². The number of ether oxygens (including phenoxy) is 1. The molecule has 4 heterocycles. The molecule has 5 nitrogen and oxygen atoms in total. The van der Waals surface area contributed by atoms with Crippen molar-refractivity contribution >= 4 is 33.2 Å². The van der Waals surface area contributed by atoms with Gasteiger partial charge in [0.15, 0.2) is 0 Å². The molecule has 35 heavy (non-hydrogen) atoms. The fraction of sp³-hybridized carbons (Fsp3) is 0.357. The van der Waals surface area contributed by atoms with E-state index in [-0.39, 0.29) is 5.56 Å². The Labute approximate surface area is 213 Å². The van der Waals surface area contributed by atoms with Crippen molar-refractivity contribution in [2.24, 2.45) is 5.92 Å². The van der Waals surface area contributed by atoms with Crippen molar-refractivity contribution in [3.8, 4) is 21.9 Å². The van der Waals surface area contributed by atoms with Crippen LogP contribution in [-0.2, 0) is 0 Å². The van der Waals surface area contributed by atoms with E-state index >= 15 is 0 Å². The van der Waals surface area contributed by atoms with Gasteiger partial charge in [0, 0.05) is 21.9 Å². The van der Waals surface area contributed by atoms with Crippen LogP contribution < -0.4 is 10.3 Å². The van der Waals surface area contributed by atoms with Gasteiger partial charge in [-0.05, 0) is 86.8 Å². The van der Waals surface area contributed by atoms with Crippen LogP contribution in [0.2, 0.25) is 5.02 Å². The quantitative estimate of drug-likeness (QED) is 0.314. The van der Waals surface area contributed by atoms with Crippen molar-refractivity contribution in [2.45, 2.75) is 38.1 Å². The molecular formula is C28H28ClN3O2S. The Bertz CT molecular complexity index is 1380. The molecule has 0 spiro atoms. The topological polar surface area (TPSA) is 47.4 Å². The molecule has 0 radical (unpaired) electrons. The highest BCUT2D eigenvalue weighted by molar-refractivity contribution is 7.22. The lowest BCUT2D eigenvalue weighted by Crippen LogP contribution is -2.49. The van der Waals surface area contributed by atoms with Crippen LogP contribution in [0.4, 0.5) is 0 Å². The van der Waals surface area contributed by atoms with E-state index < -0.39 is 0 Å². The number of thiophene rings is 1. The average Bonchev–Trinajstić information content (AvgIpc) is 3.34. The summed E-state index contributed by atoms with van der Waals surface area (Å²) >= 11 is 7.48. The lowest BCUT2D eigenvalue weighted by molar-refractivity contribution is 0.0366. The average molecular weight is 506 g/mol. The van der Waals surface area contributed by atoms with Gasteiger partial charge in [0.1, 0.15) is 16.8 Å². The van der Waals surface area contributed by atoms with Gasteiger partial charge in [0.25, 0.3) is 5.56 Å². The molecule has 2 aliphatic rings. The normalized spacial score (nSPS) is 20.6. The molecule has 0 N–H and O–H groups in total. The van der Waals surface area contributed by atoms with E-state index in [0.29, 0.717) is 27.2 Å². The molecule has 7 heteroatoms. The summed E-state index contributed by atoms with van der Waals surface area (Å²) in [6.07, 6.45) is 8.10. The second-order valence-electron chi connectivity index (χ2n) is 9.56. The highest BCUT2D eigenvalue weighted by Crippen LogP contribution is 2.33. The Kier molecular flexibility index (Phi) is 6.35. The van der Waals surface area contributed by atoms with Crippen LogP contribution in [0.25, 0.3) is 26.3 Å². The molecule has 0 aliphatic carbocycles. The van der Waals surface area contributed by atoms with Gasteiger partial charge in [-0.1, -0.05) is 30.2 Å². The van der Waals surface area contributed by atoms with Crippen LogP contribution >= 0.6 is 22.9 Å². The molecule has 0 bridgehead atoms. The number of aromatic nitrogens is 2. The van der Waals surface area contributed by atoms with E-state index in [1.54, 1.807) is 10.9 Å². The van der Waals surface area contributed by atoms with Crippen molar-refractivity contribution in [1.29, 1.82) is 0 Å². The number of hydrogen-bond acceptors (Lipinski definition) is 5. The molecule has 0 amide bonds. The van der Waals surface area contributed by atoms with Gasteiger partial charge in [-0.2, -0.15) is 0 Å². The number of nitrogens with zero attached hydrogens (tertiary/aromatic N) is 3. The number of halogens is 1. The van der Waals surface area contributed by atoms with Crippen LogP contribution in [-0.4, -0.2) is 40.2 Å². The van der Waals surface area contributed by atoms with Crippen LogP contribution in [0, 0.1) is 5.92 Å². The summed E-state index contributed by atoms with van der Waals surface area (Å²) in [6.45, 7) is 3.25. The molecule has 2 aromatic heterocycles. The summed E-state index contributed by atoms with van der Waals surface area (Å²) in [6, 6.07) is 18.1. The zero-order chi connectivity index (χ0) is 23.8. The van der Waals surface area contributed by atoms with Crippen molar-refractivity contribution in [3.05, 3.63) is 76.3 Å². The lowest BCUT2D eigenvalue weighted by Gasteiger charge is -2.44. The molecule has 2 atom stereocenters. The Balaban J connectivity index is 1.19. The smallest absolute Gasteiger partial charge is 0.275 e. The maximum Gasteiger partial charge on any atom is 0.275 e. The highest BCUT2D eigenvalue weighted by Gasteiger charge is 2.33. The Morgan fingerprint density at radius 3 is 2.63 bits per heavy atom. The molecular weight excluding hydrogens is 478 g/mol. The van der Waals surface area contributed by atoms with Gasteiger partial charge < -0.3 is 4.74 Å². The molecule has 2 aromatic carbocycles. The van der Waals surface area contributed by atoms with Gasteiger partial charge in [0.2, 0.25) is 0 Å². The molecule has 180 valence electrons. The van der Waals surface area contributed by atoms with Crippen molar-refractivity contribution < 1.29 is 4.74 Å². The number of rotatable bonds is 5. The Morgan fingerprint density at radius 2 is 1.80 bits per heavy atom. The van der Waals surface area contributed by atoms with E-state index in [1.165, 1.54) is 56.5 Å². The van der Waals surface area contributed by atoms with Crippen molar-refractivity contribution in [2.75, 3.05) is 19.7 Å². The van der Waals surface area contributed by atoms with E-state index in [9.17, 15) is 4.79 Å². The number of piperidine rings is 2. The molecule has 2 fully saturated rings. The first-order chi connectivity index (χ1) is 17.2. The van der Waals surface area contributed by atoms with Gasteiger partial charge >= 0.3 is 0 Å². The number of fused-ring (bicyclic) bond motifs is 2. The zero-order valence-corrected chi connectivity index (χ0v) is 21.1. The van der Waals surface area contributed by atoms with Gasteiger partial charge in [0.05, 0.1) is 17.8 Å². The molecule has 0 saturated carbocycles. The number of hydrogen-bond donors (Lipinski definition) is 0. The SMILES string of the molecule is O=c1c2sc(-c3ccc(Cl)cc3)cc2ncn1-c1ccc(OC[C@@H]2CCCN3CCCC[C@H]23)cc1. The third-order valence-electron chi connectivity index (χ3n) is 7.37. The van der Waals surface area contributed by atoms with Gasteiger partial charge in [-0.3, -0.25) is 14.3 Å². The Morgan fingerprint density at radius 1 is 1.00 bits per heavy atom. The van der Waals surface area contributed by atoms with Crippen LogP contribution in [0.5, 0.6) is 5.75 Å². The van der Waals surface area contributed by atoms with Crippen LogP contribution in [0.15, 0.2) is 65.7 Å². The monoisotopic (exact) mass is 505 g/mol. The Hall–Kier alpha value is -2.67. The van der Waals surface area contributed by atoms with Crippen LogP contribution in [0.1, 0.15) is 32.1 Å². The van der Waals surface area contributed by atoms with E-state index in [0.717, 1.165) is 28.5 Å². The first-order valence-electron chi connectivity index (χ1n) is 12.4. The number of benzene rings is 2. The third kappa shape index (κ3) is 4.63. The molecule has 2 aliphatic heterocycles.